The SMILES string of the molecule is COc1ccc(CSCC(=O)Nc2ccc(Cl)c(Cl)c2)cc1[N+](=O)[O-]. The molecule has 0 aliphatic rings. The van der Waals surface area contributed by atoms with Crippen LogP contribution in [0.4, 0.5) is 11.4 Å². The fourth-order valence-electron chi connectivity index (χ4n) is 2.00. The van der Waals surface area contributed by atoms with Crippen LogP contribution in [0.5, 0.6) is 5.75 Å². The number of nitro groups is 1. The molecule has 0 aliphatic carbocycles. The highest BCUT2D eigenvalue weighted by Gasteiger charge is 2.15. The fraction of sp³-hybridized carbons (Fsp3) is 0.188. The molecule has 0 spiro atoms. The molecule has 0 aromatic heterocycles. The minimum Gasteiger partial charge on any atom is -0.490 e. The zero-order valence-electron chi connectivity index (χ0n) is 13.1. The number of nitro benzene ring substituents is 1. The number of nitrogens with zero attached hydrogens (tertiary/aromatic N) is 1. The van der Waals surface area contributed by atoms with Crippen molar-refractivity contribution < 1.29 is 14.5 Å². The first kappa shape index (κ1) is 19.4. The molecule has 1 amide bonds. The van der Waals surface area contributed by atoms with Crippen LogP contribution in [-0.2, 0) is 10.5 Å². The van der Waals surface area contributed by atoms with Gasteiger partial charge in [-0.25, -0.2) is 0 Å². The maximum Gasteiger partial charge on any atom is 0.311 e. The van der Waals surface area contributed by atoms with Crippen molar-refractivity contribution in [3.05, 3.63) is 62.1 Å². The molecule has 0 saturated heterocycles. The molecular formula is C16H14Cl2N2O4S. The second-order valence-corrected chi connectivity index (χ2v) is 6.73. The van der Waals surface area contributed by atoms with Crippen LogP contribution in [0.1, 0.15) is 5.56 Å². The quantitative estimate of drug-likeness (QED) is 0.533. The van der Waals surface area contributed by atoms with Crippen molar-refractivity contribution in [3.8, 4) is 5.75 Å². The molecule has 6 nitrogen and oxygen atoms in total. The van der Waals surface area contributed by atoms with Gasteiger partial charge in [0, 0.05) is 17.5 Å². The maximum absolute atomic E-state index is 11.9. The Labute approximate surface area is 158 Å². The Balaban J connectivity index is 1.89. The smallest absolute Gasteiger partial charge is 0.311 e. The van der Waals surface area contributed by atoms with Crippen LogP contribution in [0.25, 0.3) is 0 Å². The van der Waals surface area contributed by atoms with Gasteiger partial charge < -0.3 is 10.1 Å². The van der Waals surface area contributed by atoms with Gasteiger partial charge >= 0.3 is 5.69 Å². The minimum atomic E-state index is -0.496. The first-order valence-corrected chi connectivity index (χ1v) is 8.95. The Bertz CT molecular complexity index is 802. The van der Waals surface area contributed by atoms with Crippen molar-refractivity contribution in [2.24, 2.45) is 0 Å². The van der Waals surface area contributed by atoms with E-state index in [0.29, 0.717) is 21.5 Å². The lowest BCUT2D eigenvalue weighted by Crippen LogP contribution is -2.14. The van der Waals surface area contributed by atoms with Crippen LogP contribution < -0.4 is 10.1 Å². The molecule has 0 saturated carbocycles. The van der Waals surface area contributed by atoms with Gasteiger partial charge in [-0.3, -0.25) is 14.9 Å². The number of carbonyl (C=O) groups excluding carboxylic acids is 1. The maximum atomic E-state index is 11.9. The predicted molar refractivity (Wildman–Crippen MR) is 101 cm³/mol. The van der Waals surface area contributed by atoms with Gasteiger partial charge in [-0.1, -0.05) is 29.3 Å². The van der Waals surface area contributed by atoms with Crippen molar-refractivity contribution >= 4 is 52.2 Å². The van der Waals surface area contributed by atoms with Gasteiger partial charge in [0.15, 0.2) is 5.75 Å². The summed E-state index contributed by atoms with van der Waals surface area (Å²) in [5, 5.41) is 14.5. The topological polar surface area (TPSA) is 81.5 Å². The van der Waals surface area contributed by atoms with Crippen molar-refractivity contribution in [1.29, 1.82) is 0 Å². The van der Waals surface area contributed by atoms with Gasteiger partial charge in [0.25, 0.3) is 0 Å². The third kappa shape index (κ3) is 5.52. The summed E-state index contributed by atoms with van der Waals surface area (Å²) in [5.41, 5.74) is 1.20. The van der Waals surface area contributed by atoms with Gasteiger partial charge in [0.05, 0.1) is 27.8 Å². The lowest BCUT2D eigenvalue weighted by molar-refractivity contribution is -0.385. The number of ether oxygens (including phenoxy) is 1. The van der Waals surface area contributed by atoms with Crippen LogP contribution >= 0.6 is 35.0 Å². The Morgan fingerprint density at radius 3 is 2.64 bits per heavy atom. The fourth-order valence-corrected chi connectivity index (χ4v) is 3.07. The molecule has 1 N–H and O–H groups in total. The summed E-state index contributed by atoms with van der Waals surface area (Å²) in [6, 6.07) is 9.55. The van der Waals surface area contributed by atoms with Gasteiger partial charge in [-0.2, -0.15) is 0 Å². The van der Waals surface area contributed by atoms with E-state index in [1.165, 1.54) is 24.9 Å². The third-order valence-electron chi connectivity index (χ3n) is 3.15. The molecule has 2 aromatic rings. The van der Waals surface area contributed by atoms with Gasteiger partial charge in [0.2, 0.25) is 5.91 Å². The zero-order valence-corrected chi connectivity index (χ0v) is 15.5. The Morgan fingerprint density at radius 1 is 1.24 bits per heavy atom. The molecule has 0 atom stereocenters. The number of benzene rings is 2. The molecule has 9 heteroatoms. The molecule has 0 radical (unpaired) electrons. The number of anilines is 1. The highest BCUT2D eigenvalue weighted by Crippen LogP contribution is 2.29. The summed E-state index contributed by atoms with van der Waals surface area (Å²) in [7, 11) is 1.38. The van der Waals surface area contributed by atoms with E-state index in [0.717, 1.165) is 5.56 Å². The minimum absolute atomic E-state index is 0.0964. The largest absolute Gasteiger partial charge is 0.490 e. The van der Waals surface area contributed by atoms with E-state index >= 15 is 0 Å². The average molecular weight is 401 g/mol. The van der Waals surface area contributed by atoms with Gasteiger partial charge in [0.1, 0.15) is 0 Å². The van der Waals surface area contributed by atoms with Crippen molar-refractivity contribution in [2.75, 3.05) is 18.2 Å². The number of thioether (sulfide) groups is 1. The van der Waals surface area contributed by atoms with Crippen LogP contribution in [0.15, 0.2) is 36.4 Å². The lowest BCUT2D eigenvalue weighted by Gasteiger charge is -2.07. The molecule has 0 aliphatic heterocycles. The number of carbonyl (C=O) groups is 1. The highest BCUT2D eigenvalue weighted by molar-refractivity contribution is 7.99. The summed E-state index contributed by atoms with van der Waals surface area (Å²) in [4.78, 5) is 22.4. The summed E-state index contributed by atoms with van der Waals surface area (Å²) in [6.45, 7) is 0. The number of nitrogens with one attached hydrogen (secondary N) is 1. The molecule has 2 aromatic carbocycles. The summed E-state index contributed by atoms with van der Waals surface area (Å²) >= 11 is 13.1. The van der Waals surface area contributed by atoms with Crippen molar-refractivity contribution in [3.63, 3.8) is 0 Å². The number of halogens is 2. The normalized spacial score (nSPS) is 10.4. The summed E-state index contributed by atoms with van der Waals surface area (Å²) in [6.07, 6.45) is 0. The number of hydrogen-bond acceptors (Lipinski definition) is 5. The summed E-state index contributed by atoms with van der Waals surface area (Å²) in [5.74, 6) is 0.655. The first-order valence-electron chi connectivity index (χ1n) is 7.04. The van der Waals surface area contributed by atoms with E-state index in [2.05, 4.69) is 5.32 Å². The molecule has 0 bridgehead atoms. The standard InChI is InChI=1S/C16H14Cl2N2O4S/c1-24-15-5-2-10(6-14(15)20(22)23)8-25-9-16(21)19-11-3-4-12(17)13(18)7-11/h2-7H,8-9H2,1H3,(H,19,21). The van der Waals surface area contributed by atoms with Crippen LogP contribution in [0.3, 0.4) is 0 Å². The van der Waals surface area contributed by atoms with E-state index in [-0.39, 0.29) is 23.1 Å². The van der Waals surface area contributed by atoms with E-state index in [9.17, 15) is 14.9 Å². The predicted octanol–water partition coefficient (Wildman–Crippen LogP) is 4.78. The van der Waals surface area contributed by atoms with Crippen LogP contribution in [0.2, 0.25) is 10.0 Å². The molecule has 0 fully saturated rings. The Morgan fingerprint density at radius 2 is 2.00 bits per heavy atom. The first-order chi connectivity index (χ1) is 11.9. The Hall–Kier alpha value is -1.96. The zero-order chi connectivity index (χ0) is 18.4. The highest BCUT2D eigenvalue weighted by atomic mass is 35.5. The van der Waals surface area contributed by atoms with E-state index < -0.39 is 4.92 Å². The number of rotatable bonds is 7. The van der Waals surface area contributed by atoms with Crippen LogP contribution in [-0.4, -0.2) is 23.7 Å². The van der Waals surface area contributed by atoms with E-state index in [4.69, 9.17) is 27.9 Å². The molecule has 2 rings (SSSR count). The average Bonchev–Trinajstić information content (AvgIpc) is 2.58. The molecular weight excluding hydrogens is 387 g/mol. The Kier molecular flexibility index (Phi) is 6.92. The third-order valence-corrected chi connectivity index (χ3v) is 4.89. The summed E-state index contributed by atoms with van der Waals surface area (Å²) < 4.78 is 4.96. The number of amides is 1. The van der Waals surface area contributed by atoms with Crippen molar-refractivity contribution in [1.82, 2.24) is 0 Å². The molecule has 0 heterocycles. The second-order valence-electron chi connectivity index (χ2n) is 4.93. The van der Waals surface area contributed by atoms with Crippen LogP contribution in [0, 0.1) is 10.1 Å². The monoisotopic (exact) mass is 400 g/mol. The number of methoxy groups -OCH3 is 1. The van der Waals surface area contributed by atoms with Gasteiger partial charge in [-0.05, 0) is 29.8 Å². The molecule has 25 heavy (non-hydrogen) atoms. The number of hydrogen-bond donors (Lipinski definition) is 1. The van der Waals surface area contributed by atoms with E-state index in [1.807, 2.05) is 0 Å². The molecule has 0 unspecified atom stereocenters. The lowest BCUT2D eigenvalue weighted by atomic mass is 10.2. The van der Waals surface area contributed by atoms with E-state index in [1.54, 1.807) is 30.3 Å². The second kappa shape index (κ2) is 8.94. The van der Waals surface area contributed by atoms with Crippen molar-refractivity contribution in [2.45, 2.75) is 5.75 Å². The van der Waals surface area contributed by atoms with Gasteiger partial charge in [-0.15, -0.1) is 11.8 Å². The molecule has 132 valence electrons.